The molecule has 16 fully saturated rings. The van der Waals surface area contributed by atoms with Gasteiger partial charge in [-0.2, -0.15) is 0 Å². The molecule has 0 bridgehead atoms. The van der Waals surface area contributed by atoms with Crippen molar-refractivity contribution < 1.29 is 101 Å². The van der Waals surface area contributed by atoms with Crippen LogP contribution in [-0.4, -0.2) is 148 Å². The van der Waals surface area contributed by atoms with Gasteiger partial charge in [0, 0.05) is 55.8 Å². The van der Waals surface area contributed by atoms with Crippen LogP contribution in [0.2, 0.25) is 0 Å². The number of carbonyl (C=O) groups excluding carboxylic acids is 12. The Morgan fingerprint density at radius 2 is 0.553 bits per heavy atom. The molecule has 9 N–H and O–H groups in total. The molecule has 16 aliphatic carbocycles. The number of Topliss-reactive ketones (excluding diaryl/α,β-unsaturated/α-hetero) is 7. The number of fused-ring (bicyclic) bond motifs is 20. The van der Waals surface area contributed by atoms with Crippen LogP contribution in [0.1, 0.15) is 436 Å². The van der Waals surface area contributed by atoms with E-state index >= 15 is 0 Å². The molecule has 0 heterocycles. The Hall–Kier alpha value is -6.05. The van der Waals surface area contributed by atoms with Gasteiger partial charge in [0.05, 0.1) is 30.8 Å². The maximum atomic E-state index is 13.0. The fourth-order valence-corrected chi connectivity index (χ4v) is 36.5. The lowest BCUT2D eigenvalue weighted by Crippen LogP contribution is -2.54. The maximum Gasteiger partial charge on any atom is 0.408 e. The molecule has 0 radical (unpaired) electrons. The van der Waals surface area contributed by atoms with Gasteiger partial charge in [-0.3, -0.25) is 62.3 Å². The molecule has 0 aromatic heterocycles. The van der Waals surface area contributed by atoms with Crippen molar-refractivity contribution in [1.29, 1.82) is 0 Å². The van der Waals surface area contributed by atoms with E-state index < -0.39 is 48.1 Å². The van der Waals surface area contributed by atoms with Crippen molar-refractivity contribution in [2.24, 2.45) is 220 Å². The summed E-state index contributed by atoms with van der Waals surface area (Å²) < 4.78 is 28.8. The number of nitrogens with one attached hydrogen (secondary N) is 1. The summed E-state index contributed by atoms with van der Waals surface area (Å²) in [5, 5.41) is 18.0. The van der Waals surface area contributed by atoms with Crippen molar-refractivity contribution in [2.45, 2.75) is 472 Å². The summed E-state index contributed by atoms with van der Waals surface area (Å²) in [7, 11) is 0. The first kappa shape index (κ1) is 126. The molecular weight excluding hydrogens is 1920 g/mol. The quantitative estimate of drug-likeness (QED) is 0.0313. The van der Waals surface area contributed by atoms with E-state index in [-0.39, 0.29) is 185 Å². The topological polar surface area (TPSA) is 416 Å². The predicted octanol–water partition coefficient (Wildman–Crippen LogP) is 24.1. The fraction of sp³-hybridized carbons (Fsp3) is 0.887. The van der Waals surface area contributed by atoms with Gasteiger partial charge in [-0.1, -0.05) is 125 Å². The van der Waals surface area contributed by atoms with Gasteiger partial charge < -0.3 is 56.4 Å². The van der Waals surface area contributed by atoms with Crippen LogP contribution in [0.25, 0.3) is 0 Å². The summed E-state index contributed by atoms with van der Waals surface area (Å²) >= 11 is 0. The summed E-state index contributed by atoms with van der Waals surface area (Å²) in [5.41, 5.74) is 18.6. The van der Waals surface area contributed by atoms with Crippen LogP contribution in [0, 0.1) is 203 Å². The smallest absolute Gasteiger partial charge is 0.408 e. The van der Waals surface area contributed by atoms with E-state index in [9.17, 15) is 67.1 Å². The molecule has 16 rings (SSSR count). The molecule has 16 saturated carbocycles. The molecule has 0 aliphatic heterocycles. The Kier molecular flexibility index (Phi) is 43.4. The van der Waals surface area contributed by atoms with E-state index in [0.29, 0.717) is 99.1 Å². The highest BCUT2D eigenvalue weighted by molar-refractivity contribution is 5.88. The Morgan fingerprint density at radius 3 is 0.760 bits per heavy atom. The second-order valence-corrected chi connectivity index (χ2v) is 55.4. The number of amides is 1. The third-order valence-corrected chi connectivity index (χ3v) is 45.2. The molecule has 1 amide bonds. The molecule has 25 nitrogen and oxygen atoms in total. The zero-order chi connectivity index (χ0) is 110. The van der Waals surface area contributed by atoms with Crippen LogP contribution in [0.15, 0.2) is 0 Å². The van der Waals surface area contributed by atoms with Crippen LogP contribution in [0.4, 0.5) is 4.79 Å². The number of carboxylic acid groups (broad SMARTS) is 2. The van der Waals surface area contributed by atoms with Gasteiger partial charge in [-0.05, 0) is 441 Å². The van der Waals surface area contributed by atoms with Gasteiger partial charge in [0.15, 0.2) is 0 Å². The minimum absolute atomic E-state index is 0. The highest BCUT2D eigenvalue weighted by atomic mass is 35.5. The lowest BCUT2D eigenvalue weighted by molar-refractivity contribution is -0.169. The molecule has 22 unspecified atom stereocenters. The summed E-state index contributed by atoms with van der Waals surface area (Å²) in [6, 6.07) is -0.512. The number of hydrogen-bond acceptors (Lipinski definition) is 22. The third kappa shape index (κ3) is 27.5. The number of carboxylic acids is 2. The Labute approximate surface area is 908 Å². The zero-order valence-corrected chi connectivity index (χ0v) is 98.2. The van der Waals surface area contributed by atoms with Gasteiger partial charge in [-0.15, -0.1) is 12.4 Å². The van der Waals surface area contributed by atoms with E-state index in [2.05, 4.69) is 60.7 Å². The summed E-state index contributed by atoms with van der Waals surface area (Å²) in [5.74, 6) is 10.6. The van der Waals surface area contributed by atoms with Crippen LogP contribution < -0.4 is 22.5 Å². The predicted molar refractivity (Wildman–Crippen MR) is 585 cm³/mol. The average molecular weight is 2120 g/mol. The second kappa shape index (κ2) is 51.7. The standard InChI is InChI=1S/C30H48O4.2C29H47NO4.C26H43NO3.C7H13NO4.C3H6O2.ClH/c1-7-21(32)17-24(18(2)3)28(33)34-22-12-14-29(5)20(16-22)8-9-23-26-11-10-25(19(4)31)30(26,6)15-13-27(23)29;2*1-17(2)23(15-20(32)16-30)27(33)34-21-10-12-28(4)19(14-21)6-7-22-25-9-8-24(18(3)31)29(25,5)13-11-26(22)28;1-15(2)23(27)24(29)30-18-10-12-25(4)17(14-18)6-7-19-21-9-8-20(16(3)28)26(21,5)13-11-22(19)25;1-7(2,3)12-6(11)8-4-5(9)10;1-2-3(4)5;/h18,20,22-27H,7-17H2,1-6H3;2*17,19,21-26H,6-16,30H2,1-5H3;15,17-23H,6-14,27H2,1-5H3;4H2,1-3H3,(H,8,11)(H,9,10);2H2,1H3,(H,4,5);1H/t20?,22?,23-,24?,25?,26?,27?,29-,30+;19?,21?,22-,23?,24?,25?,26?,28-,29+;19?,21?,22-,23?,24+,25?,26?,28-,29+;17?,18?,19-,20+,21?,22?,23?,25-,26+;;;/m0000.../s1. The molecule has 0 saturated heterocycles. The van der Waals surface area contributed by atoms with E-state index in [1.165, 1.54) is 128 Å². The van der Waals surface area contributed by atoms with E-state index in [0.717, 1.165) is 156 Å². The number of halogens is 1. The number of carbonyl (C=O) groups is 14. The molecule has 0 aromatic rings. The highest BCUT2D eigenvalue weighted by Gasteiger charge is 2.67. The van der Waals surface area contributed by atoms with Crippen LogP contribution >= 0.6 is 12.4 Å². The number of esters is 4. The van der Waals surface area contributed by atoms with Crippen LogP contribution in [0.5, 0.6) is 0 Å². The third-order valence-electron chi connectivity index (χ3n) is 45.2. The van der Waals surface area contributed by atoms with Crippen molar-refractivity contribution in [3.05, 3.63) is 0 Å². The van der Waals surface area contributed by atoms with Crippen LogP contribution in [-0.2, 0) is 86.0 Å². The first-order valence-electron chi connectivity index (χ1n) is 59.6. The van der Waals surface area contributed by atoms with Gasteiger partial charge >= 0.3 is 41.9 Å². The van der Waals surface area contributed by atoms with E-state index in [1.54, 1.807) is 41.5 Å². The number of rotatable bonds is 28. The van der Waals surface area contributed by atoms with E-state index in [4.69, 9.17) is 51.1 Å². The summed E-state index contributed by atoms with van der Waals surface area (Å²) in [6.07, 6.45) is 42.0. The first-order chi connectivity index (χ1) is 69.7. The van der Waals surface area contributed by atoms with Crippen molar-refractivity contribution in [3.8, 4) is 0 Å². The largest absolute Gasteiger partial charge is 0.481 e. The number of alkyl carbamates (subject to hydrolysis) is 1. The first-order valence-corrected chi connectivity index (χ1v) is 59.6. The Balaban J connectivity index is 0.000000194. The van der Waals surface area contributed by atoms with Crippen molar-refractivity contribution in [2.75, 3.05) is 19.6 Å². The van der Waals surface area contributed by atoms with Gasteiger partial charge in [-0.25, -0.2) is 4.79 Å². The molecule has 0 aromatic carbocycles. The number of aliphatic carboxylic acids is 2. The van der Waals surface area contributed by atoms with Crippen LogP contribution in [0.3, 0.4) is 0 Å². The van der Waals surface area contributed by atoms with Gasteiger partial charge in [0.1, 0.15) is 83.1 Å². The molecule has 26 heteroatoms. The molecule has 16 aliphatic rings. The van der Waals surface area contributed by atoms with Gasteiger partial charge in [0.2, 0.25) is 0 Å². The molecule has 854 valence electrons. The molecule has 36 atom stereocenters. The van der Waals surface area contributed by atoms with E-state index in [1.807, 2.05) is 76.2 Å². The summed E-state index contributed by atoms with van der Waals surface area (Å²) in [6.45, 7) is 51.0. The number of nitrogens with two attached hydrogens (primary N) is 3. The van der Waals surface area contributed by atoms with Gasteiger partial charge in [0.25, 0.3) is 0 Å². The highest BCUT2D eigenvalue weighted by Crippen LogP contribution is 2.73. The lowest BCUT2D eigenvalue weighted by Gasteiger charge is -2.61. The number of ether oxygens (including phenoxy) is 5. The zero-order valence-electron chi connectivity index (χ0n) is 97.4. The molecule has 0 spiro atoms. The van der Waals surface area contributed by atoms with Crippen molar-refractivity contribution in [1.82, 2.24) is 5.32 Å². The molecular formula is C124H205ClN4O21. The lowest BCUT2D eigenvalue weighted by atomic mass is 9.44. The number of ketones is 7. The minimum atomic E-state index is -1.10. The van der Waals surface area contributed by atoms with Crippen molar-refractivity contribution >= 4 is 94.8 Å². The average Bonchev–Trinajstić information content (AvgIpc) is 1.58. The number of hydrogen-bond donors (Lipinski definition) is 6. The fourth-order valence-electron chi connectivity index (χ4n) is 36.5. The second-order valence-electron chi connectivity index (χ2n) is 55.4. The van der Waals surface area contributed by atoms with Crippen molar-refractivity contribution in [3.63, 3.8) is 0 Å². The summed E-state index contributed by atoms with van der Waals surface area (Å²) in [4.78, 5) is 167. The molecule has 150 heavy (non-hydrogen) atoms. The minimum Gasteiger partial charge on any atom is -0.481 e. The SMILES string of the molecule is CC(=O)C1CCC2[C@@H]3CCC4CC(OC(=O)C(CC(=O)CN)C(C)C)CC[C@]4(C)C3CC[C@]12C.CC(=O)[C@H]1CCC2[C@@H]3CCC4CC(OC(=O)C(CC(=O)CN)C(C)C)CC[C@]4(C)C3CC[C@@]21C.CC(=O)[C@H]1CCC2[C@@H]3CCC4CC(OC(=O)C(N)C(C)C)CC[C@]4(C)C3CC[C@@]21C.CC(C)(C)OC(=O)NCC(=O)O.CCC(=O)CC(C(=O)OC1CC[C@@]2(C)C(CC[C@@H]3C2CC[C@]2(C)C(C(C)=O)CCC32)C1)C(C)C.CCC(=O)O.Cl. The Bertz CT molecular complexity index is 4360. The maximum absolute atomic E-state index is 13.0. The normalized spacial score (nSPS) is 39.2. The Morgan fingerprint density at radius 1 is 0.320 bits per heavy atom. The monoisotopic (exact) mass is 2120 g/mol.